The Hall–Kier alpha value is -2.01. The average Bonchev–Trinajstić information content (AvgIpc) is 3.10. The number of piperidine rings is 1. The highest BCUT2D eigenvalue weighted by molar-refractivity contribution is 5.31. The van der Waals surface area contributed by atoms with Crippen molar-refractivity contribution in [3.05, 3.63) is 42.2 Å². The minimum Gasteiger partial charge on any atom is -0.497 e. The van der Waals surface area contributed by atoms with Crippen LogP contribution in [0.25, 0.3) is 0 Å². The van der Waals surface area contributed by atoms with E-state index in [9.17, 15) is 0 Å². The molecule has 1 aromatic heterocycles. The molecule has 2 heterocycles. The molecule has 5 nitrogen and oxygen atoms in total. The largest absolute Gasteiger partial charge is 0.497 e. The molecule has 5 heteroatoms. The normalized spacial score (nSPS) is 19.0. The number of hydrogen-bond acceptors (Lipinski definition) is 4. The Morgan fingerprint density at radius 3 is 2.77 bits per heavy atom. The number of hydrogen-bond donors (Lipinski definition) is 1. The summed E-state index contributed by atoms with van der Waals surface area (Å²) in [4.78, 5) is 2.47. The molecule has 1 aromatic carbocycles. The second-order valence-electron chi connectivity index (χ2n) is 5.68. The van der Waals surface area contributed by atoms with Crippen LogP contribution in [0.1, 0.15) is 24.5 Å². The lowest BCUT2D eigenvalue weighted by Crippen LogP contribution is -2.37. The van der Waals surface area contributed by atoms with Gasteiger partial charge < -0.3 is 9.47 Å². The van der Waals surface area contributed by atoms with Crippen LogP contribution < -0.4 is 9.47 Å². The summed E-state index contributed by atoms with van der Waals surface area (Å²) in [6.07, 6.45) is 4.30. The van der Waals surface area contributed by atoms with E-state index in [1.54, 1.807) is 7.11 Å². The fourth-order valence-corrected chi connectivity index (χ4v) is 2.97. The molecule has 0 radical (unpaired) electrons. The molecule has 0 unspecified atom stereocenters. The number of likely N-dealkylation sites (tertiary alicyclic amines) is 1. The first-order valence-electron chi connectivity index (χ1n) is 7.83. The van der Waals surface area contributed by atoms with Gasteiger partial charge in [-0.05, 0) is 49.7 Å². The van der Waals surface area contributed by atoms with Gasteiger partial charge in [0.15, 0.2) is 0 Å². The SMILES string of the molecule is COc1ccc(OCCN2CCC[C@@H](c3ccn[nH]3)C2)cc1. The number of nitrogens with zero attached hydrogens (tertiary/aromatic N) is 2. The van der Waals surface area contributed by atoms with Crippen LogP contribution in [0.2, 0.25) is 0 Å². The first-order valence-corrected chi connectivity index (χ1v) is 7.83. The van der Waals surface area contributed by atoms with Crippen molar-refractivity contribution in [3.8, 4) is 11.5 Å². The number of aromatic nitrogens is 2. The standard InChI is InChI=1S/C17H23N3O2/c1-21-15-4-6-16(7-5-15)22-12-11-20-10-2-3-14(13-20)17-8-9-18-19-17/h4-9,14H,2-3,10-13H2,1H3,(H,18,19)/t14-/m1/s1. The van der Waals surface area contributed by atoms with Crippen molar-refractivity contribution in [2.75, 3.05) is 33.4 Å². The molecule has 1 fully saturated rings. The second kappa shape index (κ2) is 7.31. The Balaban J connectivity index is 1.44. The van der Waals surface area contributed by atoms with Gasteiger partial charge in [-0.2, -0.15) is 5.10 Å². The minimum absolute atomic E-state index is 0.567. The fraction of sp³-hybridized carbons (Fsp3) is 0.471. The van der Waals surface area contributed by atoms with E-state index in [1.807, 2.05) is 30.5 Å². The van der Waals surface area contributed by atoms with Crippen molar-refractivity contribution < 1.29 is 9.47 Å². The lowest BCUT2D eigenvalue weighted by Gasteiger charge is -2.32. The van der Waals surface area contributed by atoms with Crippen LogP contribution in [-0.4, -0.2) is 48.4 Å². The summed E-state index contributed by atoms with van der Waals surface area (Å²) >= 11 is 0. The number of nitrogens with one attached hydrogen (secondary N) is 1. The summed E-state index contributed by atoms with van der Waals surface area (Å²) in [6, 6.07) is 9.82. The summed E-state index contributed by atoms with van der Waals surface area (Å²) < 4.78 is 11.0. The maximum atomic E-state index is 5.82. The molecular weight excluding hydrogens is 278 g/mol. The van der Waals surface area contributed by atoms with Gasteiger partial charge in [-0.25, -0.2) is 0 Å². The van der Waals surface area contributed by atoms with Crippen molar-refractivity contribution in [3.63, 3.8) is 0 Å². The molecule has 3 rings (SSSR count). The molecule has 0 amide bonds. The van der Waals surface area contributed by atoms with Gasteiger partial charge in [-0.1, -0.05) is 0 Å². The first-order chi connectivity index (χ1) is 10.8. The molecule has 1 saturated heterocycles. The summed E-state index contributed by atoms with van der Waals surface area (Å²) in [5.41, 5.74) is 1.25. The zero-order valence-electron chi connectivity index (χ0n) is 13.0. The lowest BCUT2D eigenvalue weighted by molar-refractivity contribution is 0.169. The van der Waals surface area contributed by atoms with Gasteiger partial charge in [-0.3, -0.25) is 10.00 Å². The molecule has 0 spiro atoms. The third-order valence-corrected chi connectivity index (χ3v) is 4.20. The van der Waals surface area contributed by atoms with Gasteiger partial charge >= 0.3 is 0 Å². The third kappa shape index (κ3) is 3.80. The third-order valence-electron chi connectivity index (χ3n) is 4.20. The van der Waals surface area contributed by atoms with E-state index in [1.165, 1.54) is 18.5 Å². The van der Waals surface area contributed by atoms with Gasteiger partial charge in [0.05, 0.1) is 7.11 Å². The Kier molecular flexibility index (Phi) is 4.96. The number of ether oxygens (including phenoxy) is 2. The van der Waals surface area contributed by atoms with Gasteiger partial charge in [0.2, 0.25) is 0 Å². The molecule has 22 heavy (non-hydrogen) atoms. The number of H-pyrrole nitrogens is 1. The van der Waals surface area contributed by atoms with Gasteiger partial charge in [0, 0.05) is 30.9 Å². The van der Waals surface area contributed by atoms with E-state index in [0.29, 0.717) is 12.5 Å². The van der Waals surface area contributed by atoms with Crippen molar-refractivity contribution in [1.82, 2.24) is 15.1 Å². The van der Waals surface area contributed by atoms with Gasteiger partial charge in [0.1, 0.15) is 18.1 Å². The van der Waals surface area contributed by atoms with Crippen molar-refractivity contribution in [1.29, 1.82) is 0 Å². The zero-order valence-corrected chi connectivity index (χ0v) is 13.0. The van der Waals surface area contributed by atoms with Crippen LogP contribution in [0.15, 0.2) is 36.5 Å². The monoisotopic (exact) mass is 301 g/mol. The number of rotatable bonds is 6. The zero-order chi connectivity index (χ0) is 15.2. The van der Waals surface area contributed by atoms with E-state index in [4.69, 9.17) is 9.47 Å². The first kappa shape index (κ1) is 14.9. The molecule has 0 aliphatic carbocycles. The van der Waals surface area contributed by atoms with Crippen LogP contribution in [-0.2, 0) is 0 Å². The number of methoxy groups -OCH3 is 1. The van der Waals surface area contributed by atoms with E-state index in [0.717, 1.165) is 31.1 Å². The topological polar surface area (TPSA) is 50.4 Å². The molecule has 1 N–H and O–H groups in total. The van der Waals surface area contributed by atoms with Crippen LogP contribution in [0.3, 0.4) is 0 Å². The minimum atomic E-state index is 0.567. The predicted octanol–water partition coefficient (Wildman–Crippen LogP) is 2.68. The number of benzene rings is 1. The highest BCUT2D eigenvalue weighted by Crippen LogP contribution is 2.25. The Morgan fingerprint density at radius 2 is 2.05 bits per heavy atom. The van der Waals surface area contributed by atoms with Crippen LogP contribution in [0.4, 0.5) is 0 Å². The molecule has 0 saturated carbocycles. The Morgan fingerprint density at radius 1 is 1.23 bits per heavy atom. The predicted molar refractivity (Wildman–Crippen MR) is 85.5 cm³/mol. The molecule has 1 atom stereocenters. The summed E-state index contributed by atoms with van der Waals surface area (Å²) in [7, 11) is 1.67. The lowest BCUT2D eigenvalue weighted by atomic mass is 9.95. The highest BCUT2D eigenvalue weighted by atomic mass is 16.5. The van der Waals surface area contributed by atoms with Crippen LogP contribution in [0, 0.1) is 0 Å². The van der Waals surface area contributed by atoms with Crippen LogP contribution in [0.5, 0.6) is 11.5 Å². The molecule has 1 aliphatic heterocycles. The quantitative estimate of drug-likeness (QED) is 0.891. The van der Waals surface area contributed by atoms with Crippen molar-refractivity contribution in [2.24, 2.45) is 0 Å². The molecule has 0 bridgehead atoms. The summed E-state index contributed by atoms with van der Waals surface area (Å²) in [5, 5.41) is 7.16. The van der Waals surface area contributed by atoms with Gasteiger partial charge in [-0.15, -0.1) is 0 Å². The van der Waals surface area contributed by atoms with Crippen molar-refractivity contribution >= 4 is 0 Å². The van der Waals surface area contributed by atoms with E-state index in [2.05, 4.69) is 21.2 Å². The number of aromatic amines is 1. The van der Waals surface area contributed by atoms with E-state index >= 15 is 0 Å². The van der Waals surface area contributed by atoms with E-state index in [-0.39, 0.29) is 0 Å². The maximum Gasteiger partial charge on any atom is 0.119 e. The Bertz CT molecular complexity index is 554. The Labute approximate surface area is 131 Å². The fourth-order valence-electron chi connectivity index (χ4n) is 2.97. The van der Waals surface area contributed by atoms with E-state index < -0.39 is 0 Å². The molecule has 2 aromatic rings. The summed E-state index contributed by atoms with van der Waals surface area (Å²) in [5.74, 6) is 2.31. The highest BCUT2D eigenvalue weighted by Gasteiger charge is 2.21. The molecule has 1 aliphatic rings. The summed E-state index contributed by atoms with van der Waals surface area (Å²) in [6.45, 7) is 3.89. The second-order valence-corrected chi connectivity index (χ2v) is 5.68. The maximum absolute atomic E-state index is 5.82. The average molecular weight is 301 g/mol. The molecular formula is C17H23N3O2. The smallest absolute Gasteiger partial charge is 0.119 e. The van der Waals surface area contributed by atoms with Crippen molar-refractivity contribution in [2.45, 2.75) is 18.8 Å². The van der Waals surface area contributed by atoms with Gasteiger partial charge in [0.25, 0.3) is 0 Å². The van der Waals surface area contributed by atoms with Crippen LogP contribution >= 0.6 is 0 Å². The molecule has 118 valence electrons.